The Kier molecular flexibility index (Phi) is 5.70. The van der Waals surface area contributed by atoms with Crippen LogP contribution in [0.1, 0.15) is 0 Å². The predicted octanol–water partition coefficient (Wildman–Crippen LogP) is 2.86. The summed E-state index contributed by atoms with van der Waals surface area (Å²) in [4.78, 5) is 8.39. The molecule has 84 valence electrons. The van der Waals surface area contributed by atoms with Crippen LogP contribution in [0.15, 0.2) is 36.8 Å². The van der Waals surface area contributed by atoms with Gasteiger partial charge in [0.2, 0.25) is 0 Å². The monoisotopic (exact) mass is 287 g/mol. The van der Waals surface area contributed by atoms with Crippen molar-refractivity contribution in [2.45, 2.75) is 0 Å². The Balaban J connectivity index is 0.000000337. The summed E-state index contributed by atoms with van der Waals surface area (Å²) in [6.07, 6.45) is 5.44. The topological polar surface area (TPSA) is 30.7 Å². The van der Waals surface area contributed by atoms with Crippen LogP contribution in [-0.4, -0.2) is 14.5 Å². The Morgan fingerprint density at radius 2 is 1.93 bits per heavy atom. The molecule has 0 aliphatic carbocycles. The van der Waals surface area contributed by atoms with Gasteiger partial charge in [-0.05, 0) is 12.1 Å². The van der Waals surface area contributed by atoms with E-state index < -0.39 is 0 Å². The van der Waals surface area contributed by atoms with Crippen molar-refractivity contribution in [2.24, 2.45) is 7.05 Å². The first-order valence-electron chi connectivity index (χ1n) is 4.00. The summed E-state index contributed by atoms with van der Waals surface area (Å²) >= 11 is 0.569. The van der Waals surface area contributed by atoms with Gasteiger partial charge < -0.3 is 4.57 Å². The van der Waals surface area contributed by atoms with Gasteiger partial charge in [0.1, 0.15) is 5.69 Å². The SMILES string of the molecule is Cn1ccnc1-c1ccccn1.[Cl][Ni][Cl]. The van der Waals surface area contributed by atoms with Crippen molar-refractivity contribution in [1.82, 2.24) is 14.5 Å². The summed E-state index contributed by atoms with van der Waals surface area (Å²) in [7, 11) is 11.4. The molecule has 0 fully saturated rings. The van der Waals surface area contributed by atoms with Gasteiger partial charge in [0.15, 0.2) is 5.82 Å². The first-order valence-corrected chi connectivity index (χ1v) is 6.72. The molecule has 0 aliphatic rings. The Labute approximate surface area is 103 Å². The number of aromatic nitrogens is 3. The van der Waals surface area contributed by atoms with Gasteiger partial charge in [0.05, 0.1) is 0 Å². The number of imidazole rings is 1. The Morgan fingerprint density at radius 1 is 1.20 bits per heavy atom. The second-order valence-electron chi connectivity index (χ2n) is 2.62. The molecule has 0 saturated carbocycles. The van der Waals surface area contributed by atoms with E-state index in [-0.39, 0.29) is 0 Å². The maximum atomic E-state index is 4.70. The van der Waals surface area contributed by atoms with E-state index in [1.165, 1.54) is 0 Å². The van der Waals surface area contributed by atoms with E-state index in [0.29, 0.717) is 12.7 Å². The number of aryl methyl sites for hydroxylation is 1. The van der Waals surface area contributed by atoms with E-state index in [2.05, 4.69) is 9.97 Å². The molecule has 0 aliphatic heterocycles. The van der Waals surface area contributed by atoms with Crippen LogP contribution in [0.2, 0.25) is 0 Å². The third-order valence-electron chi connectivity index (χ3n) is 1.72. The summed E-state index contributed by atoms with van der Waals surface area (Å²) in [6, 6.07) is 5.80. The molecular weight excluding hydrogens is 280 g/mol. The molecule has 15 heavy (non-hydrogen) atoms. The molecule has 0 saturated heterocycles. The van der Waals surface area contributed by atoms with Crippen LogP contribution in [0.5, 0.6) is 0 Å². The Bertz CT molecular complexity index is 391. The second kappa shape index (κ2) is 6.83. The van der Waals surface area contributed by atoms with Crippen LogP contribution in [0.25, 0.3) is 11.5 Å². The van der Waals surface area contributed by atoms with Crippen molar-refractivity contribution in [3.05, 3.63) is 36.8 Å². The fourth-order valence-corrected chi connectivity index (χ4v) is 1.11. The Hall–Kier alpha value is -0.566. The predicted molar refractivity (Wildman–Crippen MR) is 58.1 cm³/mol. The van der Waals surface area contributed by atoms with Gasteiger partial charge in [0, 0.05) is 25.6 Å². The molecular formula is C9H9Cl2N3Ni. The molecule has 0 atom stereocenters. The van der Waals surface area contributed by atoms with Crippen molar-refractivity contribution in [3.63, 3.8) is 0 Å². The fraction of sp³-hybridized carbons (Fsp3) is 0.111. The fourth-order valence-electron chi connectivity index (χ4n) is 1.11. The average molecular weight is 289 g/mol. The van der Waals surface area contributed by atoms with E-state index in [0.717, 1.165) is 11.5 Å². The Morgan fingerprint density at radius 3 is 2.40 bits per heavy atom. The summed E-state index contributed by atoms with van der Waals surface area (Å²) in [5.74, 6) is 0.899. The van der Waals surface area contributed by atoms with E-state index >= 15 is 0 Å². The van der Waals surface area contributed by atoms with Crippen LogP contribution in [0, 0.1) is 0 Å². The van der Waals surface area contributed by atoms with Gasteiger partial charge in [0.25, 0.3) is 0 Å². The van der Waals surface area contributed by atoms with Crippen LogP contribution >= 0.6 is 20.4 Å². The molecule has 0 radical (unpaired) electrons. The van der Waals surface area contributed by atoms with Crippen molar-refractivity contribution in [3.8, 4) is 11.5 Å². The normalized spacial score (nSPS) is 9.53. The van der Waals surface area contributed by atoms with Crippen LogP contribution < -0.4 is 0 Å². The summed E-state index contributed by atoms with van der Waals surface area (Å²) in [5, 5.41) is 0. The number of halogens is 2. The van der Waals surface area contributed by atoms with E-state index in [1.807, 2.05) is 36.0 Å². The minimum atomic E-state index is 0.569. The van der Waals surface area contributed by atoms with E-state index in [1.54, 1.807) is 12.4 Å². The average Bonchev–Trinajstić information content (AvgIpc) is 2.67. The number of pyridine rings is 1. The zero-order valence-electron chi connectivity index (χ0n) is 7.88. The van der Waals surface area contributed by atoms with Gasteiger partial charge in [-0.15, -0.1) is 0 Å². The molecule has 3 nitrogen and oxygen atoms in total. The number of nitrogens with zero attached hydrogens (tertiary/aromatic N) is 3. The molecule has 0 unspecified atom stereocenters. The molecule has 2 aromatic heterocycles. The van der Waals surface area contributed by atoms with Gasteiger partial charge in [-0.3, -0.25) is 4.98 Å². The molecule has 0 bridgehead atoms. The molecule has 6 heteroatoms. The third-order valence-corrected chi connectivity index (χ3v) is 1.72. The summed E-state index contributed by atoms with van der Waals surface area (Å²) in [5.41, 5.74) is 0.907. The van der Waals surface area contributed by atoms with Crippen LogP contribution in [-0.2, 0) is 19.7 Å². The molecule has 0 N–H and O–H groups in total. The molecule has 2 heterocycles. The van der Waals surface area contributed by atoms with Crippen molar-refractivity contribution < 1.29 is 12.7 Å². The quantitative estimate of drug-likeness (QED) is 0.756. The van der Waals surface area contributed by atoms with Crippen LogP contribution in [0.3, 0.4) is 0 Å². The molecule has 0 amide bonds. The van der Waals surface area contributed by atoms with Gasteiger partial charge >= 0.3 is 33.0 Å². The van der Waals surface area contributed by atoms with Gasteiger partial charge in [-0.2, -0.15) is 0 Å². The molecule has 2 rings (SSSR count). The van der Waals surface area contributed by atoms with E-state index in [9.17, 15) is 0 Å². The molecule has 0 spiro atoms. The maximum absolute atomic E-state index is 4.70. The zero-order valence-corrected chi connectivity index (χ0v) is 10.4. The van der Waals surface area contributed by atoms with Gasteiger partial charge in [-0.1, -0.05) is 6.07 Å². The summed E-state index contributed by atoms with van der Waals surface area (Å²) < 4.78 is 1.95. The van der Waals surface area contributed by atoms with E-state index in [4.69, 9.17) is 20.4 Å². The number of hydrogen-bond donors (Lipinski definition) is 0. The van der Waals surface area contributed by atoms with Crippen molar-refractivity contribution in [2.75, 3.05) is 0 Å². The number of hydrogen-bond acceptors (Lipinski definition) is 2. The first-order chi connectivity index (χ1) is 7.29. The van der Waals surface area contributed by atoms with Crippen LogP contribution in [0.4, 0.5) is 0 Å². The second-order valence-corrected chi connectivity index (χ2v) is 4.25. The standard InChI is InChI=1S/C9H9N3.2ClH.Ni/c1-12-7-6-11-9(12)8-4-2-3-5-10-8;;;/h2-7H,1H3;2*1H;/q;;;+2/p-2. The minimum absolute atomic E-state index is 0.569. The van der Waals surface area contributed by atoms with Gasteiger partial charge in [-0.25, -0.2) is 4.98 Å². The zero-order chi connectivity index (χ0) is 11.1. The van der Waals surface area contributed by atoms with Crippen molar-refractivity contribution >= 4 is 20.4 Å². The number of rotatable bonds is 1. The third kappa shape index (κ3) is 3.82. The molecule has 0 aromatic carbocycles. The first kappa shape index (κ1) is 12.5. The molecule has 2 aromatic rings. The van der Waals surface area contributed by atoms with Crippen molar-refractivity contribution in [1.29, 1.82) is 0 Å². The summed E-state index contributed by atoms with van der Waals surface area (Å²) in [6.45, 7) is 0.